The molecule has 1 unspecified atom stereocenters. The average molecular weight is 381 g/mol. The molecule has 0 aliphatic carbocycles. The number of ether oxygens (including phenoxy) is 6. The van der Waals surface area contributed by atoms with E-state index in [4.69, 9.17) is 28.4 Å². The molecule has 26 heavy (non-hydrogen) atoms. The van der Waals surface area contributed by atoms with Crippen molar-refractivity contribution in [2.45, 2.75) is 45.6 Å². The van der Waals surface area contributed by atoms with E-state index >= 15 is 0 Å². The monoisotopic (exact) mass is 380 g/mol. The van der Waals surface area contributed by atoms with E-state index in [1.165, 1.54) is 0 Å². The molecule has 0 amide bonds. The highest BCUT2D eigenvalue weighted by Crippen LogP contribution is 1.92. The van der Waals surface area contributed by atoms with Crippen LogP contribution in [0.15, 0.2) is 0 Å². The Morgan fingerprint density at radius 3 is 1.23 bits per heavy atom. The third-order valence-corrected chi connectivity index (χ3v) is 3.39. The van der Waals surface area contributed by atoms with Crippen molar-refractivity contribution >= 4 is 0 Å². The summed E-state index contributed by atoms with van der Waals surface area (Å²) >= 11 is 0. The van der Waals surface area contributed by atoms with Gasteiger partial charge in [0.25, 0.3) is 0 Å². The van der Waals surface area contributed by atoms with Gasteiger partial charge in [-0.1, -0.05) is 26.7 Å². The van der Waals surface area contributed by atoms with Gasteiger partial charge in [-0.2, -0.15) is 0 Å². The maximum absolute atomic E-state index is 9.63. The van der Waals surface area contributed by atoms with Crippen molar-refractivity contribution in [2.24, 2.45) is 0 Å². The third kappa shape index (κ3) is 21.8. The second-order valence-electron chi connectivity index (χ2n) is 5.96. The van der Waals surface area contributed by atoms with Crippen molar-refractivity contribution in [3.63, 3.8) is 0 Å². The Morgan fingerprint density at radius 1 is 0.500 bits per heavy atom. The van der Waals surface area contributed by atoms with Crippen molar-refractivity contribution in [2.75, 3.05) is 79.3 Å². The highest BCUT2D eigenvalue weighted by Gasteiger charge is 2.04. The fourth-order valence-electron chi connectivity index (χ4n) is 1.86. The van der Waals surface area contributed by atoms with E-state index in [1.807, 2.05) is 0 Å². The molecule has 0 saturated carbocycles. The minimum Gasteiger partial charge on any atom is -0.388 e. The summed E-state index contributed by atoms with van der Waals surface area (Å²) in [6.45, 7) is 10.7. The zero-order valence-corrected chi connectivity index (χ0v) is 16.8. The first kappa shape index (κ1) is 25.7. The standard InChI is InChI=1S/C19H40O7/c1-3-5-7-21-9-10-22-11-12-23-13-14-24-15-16-26-18-19(20)17-25-8-6-4-2/h19-20H,3-18H2,1-2H3. The van der Waals surface area contributed by atoms with Gasteiger partial charge in [0.05, 0.1) is 66.1 Å². The number of hydrogen-bond donors (Lipinski definition) is 1. The smallest absolute Gasteiger partial charge is 0.101 e. The van der Waals surface area contributed by atoms with Gasteiger partial charge < -0.3 is 33.5 Å². The SMILES string of the molecule is CCCCOCCOCCOCCOCCOCC(O)COCCCC. The second kappa shape index (κ2) is 22.8. The number of rotatable bonds is 22. The molecule has 158 valence electrons. The summed E-state index contributed by atoms with van der Waals surface area (Å²) in [4.78, 5) is 0. The summed E-state index contributed by atoms with van der Waals surface area (Å²) in [5.74, 6) is 0. The zero-order valence-electron chi connectivity index (χ0n) is 16.8. The zero-order chi connectivity index (χ0) is 19.1. The van der Waals surface area contributed by atoms with Crippen LogP contribution in [0.2, 0.25) is 0 Å². The molecular weight excluding hydrogens is 340 g/mol. The van der Waals surface area contributed by atoms with Crippen molar-refractivity contribution in [3.05, 3.63) is 0 Å². The molecule has 0 rings (SSSR count). The maximum atomic E-state index is 9.63. The molecule has 0 aromatic rings. The first-order valence-electron chi connectivity index (χ1n) is 9.95. The van der Waals surface area contributed by atoms with E-state index in [0.717, 1.165) is 32.3 Å². The molecule has 0 fully saturated rings. The molecule has 0 aromatic heterocycles. The first-order valence-corrected chi connectivity index (χ1v) is 9.95. The number of unbranched alkanes of at least 4 members (excludes halogenated alkanes) is 2. The van der Waals surface area contributed by atoms with Gasteiger partial charge in [0.2, 0.25) is 0 Å². The van der Waals surface area contributed by atoms with Gasteiger partial charge in [0, 0.05) is 13.2 Å². The molecule has 0 radical (unpaired) electrons. The molecule has 0 heterocycles. The predicted octanol–water partition coefficient (Wildman–Crippen LogP) is 2.05. The van der Waals surface area contributed by atoms with Crippen LogP contribution in [0, 0.1) is 0 Å². The van der Waals surface area contributed by atoms with Crippen LogP contribution in [-0.4, -0.2) is 90.5 Å². The first-order chi connectivity index (χ1) is 12.8. The summed E-state index contributed by atoms with van der Waals surface area (Å²) < 4.78 is 32.2. The highest BCUT2D eigenvalue weighted by atomic mass is 16.6. The molecule has 1 N–H and O–H groups in total. The summed E-state index contributed by atoms with van der Waals surface area (Å²) in [5, 5.41) is 9.63. The summed E-state index contributed by atoms with van der Waals surface area (Å²) in [7, 11) is 0. The molecule has 0 bridgehead atoms. The van der Waals surface area contributed by atoms with Crippen LogP contribution in [0.4, 0.5) is 0 Å². The Labute approximate surface area is 159 Å². The summed E-state index contributed by atoms with van der Waals surface area (Å²) in [5.41, 5.74) is 0. The minimum atomic E-state index is -0.577. The Hall–Kier alpha value is -0.280. The molecule has 7 nitrogen and oxygen atoms in total. The highest BCUT2D eigenvalue weighted by molar-refractivity contribution is 4.51. The lowest BCUT2D eigenvalue weighted by Crippen LogP contribution is -2.23. The molecule has 0 aliphatic heterocycles. The number of aliphatic hydroxyl groups excluding tert-OH is 1. The van der Waals surface area contributed by atoms with Gasteiger partial charge in [-0.25, -0.2) is 0 Å². The van der Waals surface area contributed by atoms with Gasteiger partial charge >= 0.3 is 0 Å². The predicted molar refractivity (Wildman–Crippen MR) is 101 cm³/mol. The van der Waals surface area contributed by atoms with Crippen molar-refractivity contribution < 1.29 is 33.5 Å². The minimum absolute atomic E-state index is 0.269. The van der Waals surface area contributed by atoms with Crippen LogP contribution < -0.4 is 0 Å². The molecule has 0 spiro atoms. The van der Waals surface area contributed by atoms with E-state index in [9.17, 15) is 5.11 Å². The lowest BCUT2D eigenvalue weighted by Gasteiger charge is -2.12. The molecule has 7 heteroatoms. The van der Waals surface area contributed by atoms with Crippen LogP contribution in [0.25, 0.3) is 0 Å². The summed E-state index contributed by atoms with van der Waals surface area (Å²) in [6, 6.07) is 0. The van der Waals surface area contributed by atoms with Crippen LogP contribution in [-0.2, 0) is 28.4 Å². The third-order valence-electron chi connectivity index (χ3n) is 3.39. The van der Waals surface area contributed by atoms with E-state index in [-0.39, 0.29) is 6.61 Å². The van der Waals surface area contributed by atoms with Crippen LogP contribution in [0.5, 0.6) is 0 Å². The molecule has 0 aliphatic rings. The summed E-state index contributed by atoms with van der Waals surface area (Å²) in [6.07, 6.45) is 3.78. The van der Waals surface area contributed by atoms with Crippen LogP contribution >= 0.6 is 0 Å². The second-order valence-corrected chi connectivity index (χ2v) is 5.96. The Balaban J connectivity index is 3.06. The van der Waals surface area contributed by atoms with Crippen molar-refractivity contribution in [1.29, 1.82) is 0 Å². The van der Waals surface area contributed by atoms with Gasteiger partial charge in [-0.3, -0.25) is 0 Å². The molecular formula is C19H40O7. The largest absolute Gasteiger partial charge is 0.388 e. The Kier molecular flexibility index (Phi) is 22.5. The van der Waals surface area contributed by atoms with Gasteiger partial charge in [0.15, 0.2) is 0 Å². The molecule has 1 atom stereocenters. The van der Waals surface area contributed by atoms with Crippen LogP contribution in [0.3, 0.4) is 0 Å². The molecule has 0 aromatic carbocycles. The Bertz CT molecular complexity index is 254. The van der Waals surface area contributed by atoms with Crippen LogP contribution in [0.1, 0.15) is 39.5 Å². The topological polar surface area (TPSA) is 75.6 Å². The maximum Gasteiger partial charge on any atom is 0.101 e. The quantitative estimate of drug-likeness (QED) is 0.288. The Morgan fingerprint density at radius 2 is 0.808 bits per heavy atom. The van der Waals surface area contributed by atoms with Gasteiger partial charge in [-0.05, 0) is 12.8 Å². The number of hydrogen-bond acceptors (Lipinski definition) is 7. The normalized spacial score (nSPS) is 12.6. The van der Waals surface area contributed by atoms with E-state index in [0.29, 0.717) is 66.1 Å². The van der Waals surface area contributed by atoms with Gasteiger partial charge in [0.1, 0.15) is 6.10 Å². The lowest BCUT2D eigenvalue weighted by atomic mass is 10.3. The van der Waals surface area contributed by atoms with E-state index in [2.05, 4.69) is 13.8 Å². The fourth-order valence-corrected chi connectivity index (χ4v) is 1.86. The van der Waals surface area contributed by atoms with E-state index in [1.54, 1.807) is 0 Å². The van der Waals surface area contributed by atoms with E-state index < -0.39 is 6.10 Å². The van der Waals surface area contributed by atoms with Crippen molar-refractivity contribution in [3.8, 4) is 0 Å². The lowest BCUT2D eigenvalue weighted by molar-refractivity contribution is -0.0395. The average Bonchev–Trinajstić information content (AvgIpc) is 2.65. The molecule has 0 saturated heterocycles. The number of aliphatic hydroxyl groups is 1. The van der Waals surface area contributed by atoms with Gasteiger partial charge in [-0.15, -0.1) is 0 Å². The fraction of sp³-hybridized carbons (Fsp3) is 1.00. The van der Waals surface area contributed by atoms with Crippen molar-refractivity contribution in [1.82, 2.24) is 0 Å².